The van der Waals surface area contributed by atoms with Crippen LogP contribution in [0.3, 0.4) is 0 Å². The smallest absolute Gasteiger partial charge is 0.0496 e. The van der Waals surface area contributed by atoms with Gasteiger partial charge in [0.2, 0.25) is 0 Å². The number of hydrogen-bond acceptors (Lipinski definition) is 2. The van der Waals surface area contributed by atoms with E-state index in [-0.39, 0.29) is 0 Å². The fraction of sp³-hybridized carbons (Fsp3) is 0.900. The monoisotopic (exact) mass is 304 g/mol. The summed E-state index contributed by atoms with van der Waals surface area (Å²) in [7, 11) is 0. The predicted molar refractivity (Wildman–Crippen MR) is 94.8 cm³/mol. The van der Waals surface area contributed by atoms with Crippen LogP contribution in [0, 0.1) is 17.3 Å². The molecule has 2 aliphatic carbocycles. The normalized spacial score (nSPS) is 28.6. The van der Waals surface area contributed by atoms with Crippen molar-refractivity contribution in [1.29, 1.82) is 0 Å². The van der Waals surface area contributed by atoms with E-state index in [0.717, 1.165) is 11.8 Å². The first kappa shape index (κ1) is 16.4. The topological polar surface area (TPSA) is 15.3 Å². The molecule has 1 unspecified atom stereocenters. The number of nitrogens with zero attached hydrogens (tertiary/aromatic N) is 1. The highest BCUT2D eigenvalue weighted by atomic mass is 15.2. The van der Waals surface area contributed by atoms with Crippen LogP contribution in [0.25, 0.3) is 0 Å². The van der Waals surface area contributed by atoms with Gasteiger partial charge >= 0.3 is 0 Å². The molecule has 0 spiro atoms. The summed E-state index contributed by atoms with van der Waals surface area (Å²) in [6.07, 6.45) is 11.2. The molecule has 0 radical (unpaired) electrons. The average Bonchev–Trinajstić information content (AvgIpc) is 3.15. The van der Waals surface area contributed by atoms with Crippen LogP contribution in [0.1, 0.15) is 72.1 Å². The van der Waals surface area contributed by atoms with E-state index >= 15 is 0 Å². The van der Waals surface area contributed by atoms with Crippen LogP contribution in [0.4, 0.5) is 0 Å². The van der Waals surface area contributed by atoms with Gasteiger partial charge < -0.3 is 10.2 Å². The highest BCUT2D eigenvalue weighted by Crippen LogP contribution is 2.39. The maximum absolute atomic E-state index is 4.55. The van der Waals surface area contributed by atoms with E-state index in [2.05, 4.69) is 37.6 Å². The minimum absolute atomic E-state index is 0.451. The van der Waals surface area contributed by atoms with Crippen molar-refractivity contribution in [2.45, 2.75) is 84.2 Å². The fourth-order valence-corrected chi connectivity index (χ4v) is 4.68. The van der Waals surface area contributed by atoms with Crippen molar-refractivity contribution < 1.29 is 0 Å². The van der Waals surface area contributed by atoms with Gasteiger partial charge in [-0.15, -0.1) is 0 Å². The van der Waals surface area contributed by atoms with E-state index in [1.54, 1.807) is 0 Å². The number of piperidine rings is 1. The third-order valence-corrected chi connectivity index (χ3v) is 6.31. The Balaban J connectivity index is 1.61. The summed E-state index contributed by atoms with van der Waals surface area (Å²) in [5, 5.41) is 4.00. The second kappa shape index (κ2) is 6.55. The maximum Gasteiger partial charge on any atom is 0.0496 e. The first-order valence-corrected chi connectivity index (χ1v) is 9.66. The molecule has 0 amide bonds. The molecule has 2 atom stereocenters. The van der Waals surface area contributed by atoms with Gasteiger partial charge in [-0.25, -0.2) is 0 Å². The Bertz CT molecular complexity index is 391. The predicted octanol–water partition coefficient (Wildman–Crippen LogP) is 4.57. The Hall–Kier alpha value is -0.500. The summed E-state index contributed by atoms with van der Waals surface area (Å²) in [4.78, 5) is 2.60. The Morgan fingerprint density at radius 1 is 1.09 bits per heavy atom. The molecule has 126 valence electrons. The molecular formula is C20H36N2. The van der Waals surface area contributed by atoms with Gasteiger partial charge in [-0.05, 0) is 62.7 Å². The average molecular weight is 305 g/mol. The van der Waals surface area contributed by atoms with Crippen molar-refractivity contribution >= 4 is 0 Å². The molecule has 3 fully saturated rings. The first-order chi connectivity index (χ1) is 10.5. The van der Waals surface area contributed by atoms with E-state index in [0.29, 0.717) is 17.5 Å². The van der Waals surface area contributed by atoms with Gasteiger partial charge in [0, 0.05) is 30.9 Å². The van der Waals surface area contributed by atoms with Crippen LogP contribution >= 0.6 is 0 Å². The van der Waals surface area contributed by atoms with E-state index < -0.39 is 0 Å². The minimum Gasteiger partial charge on any atom is -0.373 e. The van der Waals surface area contributed by atoms with Gasteiger partial charge in [0.25, 0.3) is 0 Å². The standard InChI is InChI=1S/C20H36N2/c1-15(17-8-5-6-9-17)21-19(18-10-11-18)16(2)22-13-7-12-20(3,4)14-22/h15,17-19,21H,2,5-14H2,1,3-4H3/t15?,19-/m0/s1. The maximum atomic E-state index is 4.55. The molecule has 1 saturated heterocycles. The van der Waals surface area contributed by atoms with Crippen LogP contribution in [-0.2, 0) is 0 Å². The largest absolute Gasteiger partial charge is 0.373 e. The molecule has 1 heterocycles. The number of likely N-dealkylation sites (tertiary alicyclic amines) is 1. The van der Waals surface area contributed by atoms with Crippen molar-refractivity contribution in [2.75, 3.05) is 13.1 Å². The lowest BCUT2D eigenvalue weighted by Gasteiger charge is -2.43. The number of nitrogens with one attached hydrogen (secondary N) is 1. The lowest BCUT2D eigenvalue weighted by Crippen LogP contribution is -2.49. The zero-order valence-electron chi connectivity index (χ0n) is 15.0. The molecule has 0 aromatic carbocycles. The third-order valence-electron chi connectivity index (χ3n) is 6.31. The quantitative estimate of drug-likeness (QED) is 0.773. The second-order valence-electron chi connectivity index (χ2n) is 9.00. The summed E-state index contributed by atoms with van der Waals surface area (Å²) in [5.41, 5.74) is 1.84. The lowest BCUT2D eigenvalue weighted by molar-refractivity contribution is 0.135. The molecule has 22 heavy (non-hydrogen) atoms. The van der Waals surface area contributed by atoms with Gasteiger partial charge in [0.1, 0.15) is 0 Å². The number of hydrogen-bond donors (Lipinski definition) is 1. The molecule has 0 aromatic rings. The van der Waals surface area contributed by atoms with Crippen molar-refractivity contribution in [3.8, 4) is 0 Å². The molecule has 0 aromatic heterocycles. The zero-order valence-corrected chi connectivity index (χ0v) is 15.0. The molecule has 0 bridgehead atoms. The summed E-state index contributed by atoms with van der Waals surface area (Å²) in [6, 6.07) is 1.19. The fourth-order valence-electron chi connectivity index (χ4n) is 4.68. The molecular weight excluding hydrogens is 268 g/mol. The number of rotatable bonds is 6. The highest BCUT2D eigenvalue weighted by molar-refractivity contribution is 5.12. The Labute approximate surface area is 137 Å². The molecule has 1 N–H and O–H groups in total. The van der Waals surface area contributed by atoms with Crippen LogP contribution in [0.5, 0.6) is 0 Å². The molecule has 1 aliphatic heterocycles. The zero-order chi connectivity index (χ0) is 15.7. The Kier molecular flexibility index (Phi) is 4.87. The first-order valence-electron chi connectivity index (χ1n) is 9.66. The molecule has 2 saturated carbocycles. The molecule has 2 nitrogen and oxygen atoms in total. The van der Waals surface area contributed by atoms with Crippen LogP contribution < -0.4 is 5.32 Å². The summed E-state index contributed by atoms with van der Waals surface area (Å²) >= 11 is 0. The van der Waals surface area contributed by atoms with Crippen molar-refractivity contribution in [1.82, 2.24) is 10.2 Å². The minimum atomic E-state index is 0.451. The highest BCUT2D eigenvalue weighted by Gasteiger charge is 2.38. The van der Waals surface area contributed by atoms with Gasteiger partial charge in [-0.1, -0.05) is 33.3 Å². The van der Waals surface area contributed by atoms with Gasteiger partial charge in [0.05, 0.1) is 0 Å². The van der Waals surface area contributed by atoms with Crippen molar-refractivity contribution in [3.63, 3.8) is 0 Å². The second-order valence-corrected chi connectivity index (χ2v) is 9.00. The van der Waals surface area contributed by atoms with Gasteiger partial charge in [0.15, 0.2) is 0 Å². The van der Waals surface area contributed by atoms with Crippen molar-refractivity contribution in [2.24, 2.45) is 17.3 Å². The summed E-state index contributed by atoms with van der Waals surface area (Å²) in [5.74, 6) is 1.74. The van der Waals surface area contributed by atoms with Gasteiger partial charge in [-0.3, -0.25) is 0 Å². The van der Waals surface area contributed by atoms with E-state index in [9.17, 15) is 0 Å². The van der Waals surface area contributed by atoms with Crippen LogP contribution in [0.2, 0.25) is 0 Å². The Morgan fingerprint density at radius 3 is 2.36 bits per heavy atom. The van der Waals surface area contributed by atoms with Gasteiger partial charge in [-0.2, -0.15) is 0 Å². The Morgan fingerprint density at radius 2 is 1.77 bits per heavy atom. The van der Waals surface area contributed by atoms with E-state index in [1.165, 1.54) is 70.2 Å². The van der Waals surface area contributed by atoms with Crippen LogP contribution in [-0.4, -0.2) is 30.1 Å². The summed E-state index contributed by atoms with van der Waals surface area (Å²) in [6.45, 7) is 14.2. The SMILES string of the molecule is C=C([C@H](NC(C)C1CCCC1)C1CC1)N1CCCC(C)(C)C1. The van der Waals surface area contributed by atoms with Crippen molar-refractivity contribution in [3.05, 3.63) is 12.3 Å². The summed E-state index contributed by atoms with van der Waals surface area (Å²) < 4.78 is 0. The lowest BCUT2D eigenvalue weighted by atomic mass is 9.83. The molecule has 3 rings (SSSR count). The molecule has 2 heteroatoms. The van der Waals surface area contributed by atoms with E-state index in [1.807, 2.05) is 0 Å². The molecule has 3 aliphatic rings. The van der Waals surface area contributed by atoms with Crippen LogP contribution in [0.15, 0.2) is 12.3 Å². The third kappa shape index (κ3) is 3.88. The van der Waals surface area contributed by atoms with E-state index in [4.69, 9.17) is 0 Å².